The SMILES string of the molecule is C[C@H](CC(=O)Nc1cc(C(=O)O)cc(S(C)(=O)=O)c1)C1CC1. The number of benzene rings is 1. The molecule has 1 amide bonds. The molecule has 1 atom stereocenters. The predicted molar refractivity (Wildman–Crippen MR) is 81.6 cm³/mol. The summed E-state index contributed by atoms with van der Waals surface area (Å²) in [6.07, 6.45) is 3.62. The molecule has 1 fully saturated rings. The van der Waals surface area contributed by atoms with E-state index in [1.165, 1.54) is 12.1 Å². The number of sulfone groups is 1. The minimum atomic E-state index is -3.56. The quantitative estimate of drug-likeness (QED) is 0.834. The molecule has 0 aliphatic heterocycles. The van der Waals surface area contributed by atoms with E-state index in [4.69, 9.17) is 5.11 Å². The first-order valence-electron chi connectivity index (χ1n) is 7.05. The van der Waals surface area contributed by atoms with Crippen LogP contribution in [0.3, 0.4) is 0 Å². The van der Waals surface area contributed by atoms with Gasteiger partial charge in [0.2, 0.25) is 5.91 Å². The van der Waals surface area contributed by atoms with Crippen LogP contribution >= 0.6 is 0 Å². The smallest absolute Gasteiger partial charge is 0.335 e. The number of amides is 1. The molecule has 1 aromatic rings. The third-order valence-electron chi connectivity index (χ3n) is 3.80. The fraction of sp³-hybridized carbons (Fsp3) is 0.467. The average Bonchev–Trinajstić information content (AvgIpc) is 3.21. The lowest BCUT2D eigenvalue weighted by atomic mass is 10.0. The summed E-state index contributed by atoms with van der Waals surface area (Å²) >= 11 is 0. The molecule has 2 N–H and O–H groups in total. The zero-order valence-electron chi connectivity index (χ0n) is 12.5. The summed E-state index contributed by atoms with van der Waals surface area (Å²) in [5.41, 5.74) is 0.0155. The lowest BCUT2D eigenvalue weighted by Crippen LogP contribution is -2.17. The molecule has 0 unspecified atom stereocenters. The Bertz CT molecular complexity index is 707. The van der Waals surface area contributed by atoms with Crippen molar-refractivity contribution in [1.82, 2.24) is 0 Å². The number of rotatable bonds is 6. The fourth-order valence-electron chi connectivity index (χ4n) is 2.35. The van der Waals surface area contributed by atoms with E-state index in [-0.39, 0.29) is 28.0 Å². The fourth-order valence-corrected chi connectivity index (χ4v) is 3.03. The molecule has 0 radical (unpaired) electrons. The zero-order chi connectivity index (χ0) is 16.5. The number of anilines is 1. The second kappa shape index (κ2) is 6.08. The molecular weight excluding hydrogens is 306 g/mol. The van der Waals surface area contributed by atoms with Crippen molar-refractivity contribution in [2.24, 2.45) is 11.8 Å². The van der Waals surface area contributed by atoms with E-state index < -0.39 is 15.8 Å². The second-order valence-electron chi connectivity index (χ2n) is 5.89. The number of hydrogen-bond acceptors (Lipinski definition) is 4. The summed E-state index contributed by atoms with van der Waals surface area (Å²) in [5, 5.41) is 11.6. The van der Waals surface area contributed by atoms with E-state index in [0.717, 1.165) is 25.2 Å². The summed E-state index contributed by atoms with van der Waals surface area (Å²) in [4.78, 5) is 22.9. The molecule has 120 valence electrons. The standard InChI is InChI=1S/C15H19NO5S/c1-9(10-3-4-10)5-14(17)16-12-6-11(15(18)19)7-13(8-12)22(2,20)21/h6-10H,3-5H2,1-2H3,(H,16,17)(H,18,19)/t9-/m1/s1. The lowest BCUT2D eigenvalue weighted by molar-refractivity contribution is -0.117. The van der Waals surface area contributed by atoms with Crippen LogP contribution in [0.25, 0.3) is 0 Å². The molecule has 0 saturated heterocycles. The largest absolute Gasteiger partial charge is 0.478 e. The minimum absolute atomic E-state index is 0.127. The van der Waals surface area contributed by atoms with Gasteiger partial charge in [0.15, 0.2) is 9.84 Å². The Labute approximate surface area is 129 Å². The van der Waals surface area contributed by atoms with Gasteiger partial charge in [-0.1, -0.05) is 6.92 Å². The normalized spacial score (nSPS) is 16.1. The number of carboxylic acid groups (broad SMARTS) is 1. The molecule has 22 heavy (non-hydrogen) atoms. The van der Waals surface area contributed by atoms with Gasteiger partial charge >= 0.3 is 5.97 Å². The highest BCUT2D eigenvalue weighted by Crippen LogP contribution is 2.38. The Balaban J connectivity index is 2.20. The van der Waals surface area contributed by atoms with Gasteiger partial charge in [-0.05, 0) is 42.9 Å². The first kappa shape index (κ1) is 16.5. The predicted octanol–water partition coefficient (Wildman–Crippen LogP) is 2.16. The minimum Gasteiger partial charge on any atom is -0.478 e. The van der Waals surface area contributed by atoms with Crippen molar-refractivity contribution in [1.29, 1.82) is 0 Å². The van der Waals surface area contributed by atoms with Crippen molar-refractivity contribution in [2.45, 2.75) is 31.1 Å². The highest BCUT2D eigenvalue weighted by molar-refractivity contribution is 7.90. The third kappa shape index (κ3) is 4.30. The monoisotopic (exact) mass is 325 g/mol. The van der Waals surface area contributed by atoms with Gasteiger partial charge in [0, 0.05) is 18.4 Å². The molecule has 6 nitrogen and oxygen atoms in total. The van der Waals surface area contributed by atoms with Gasteiger partial charge in [0.05, 0.1) is 10.5 Å². The van der Waals surface area contributed by atoms with Gasteiger partial charge in [-0.3, -0.25) is 4.79 Å². The molecule has 2 rings (SSSR count). The molecule has 1 saturated carbocycles. The Morgan fingerprint density at radius 3 is 2.45 bits per heavy atom. The van der Waals surface area contributed by atoms with Gasteiger partial charge in [-0.2, -0.15) is 0 Å². The molecule has 7 heteroatoms. The van der Waals surface area contributed by atoms with E-state index in [9.17, 15) is 18.0 Å². The van der Waals surface area contributed by atoms with Gasteiger partial charge < -0.3 is 10.4 Å². The van der Waals surface area contributed by atoms with Crippen LogP contribution in [0.1, 0.15) is 36.5 Å². The maximum absolute atomic E-state index is 12.0. The lowest BCUT2D eigenvalue weighted by Gasteiger charge is -2.12. The van der Waals surface area contributed by atoms with Gasteiger partial charge in [-0.15, -0.1) is 0 Å². The zero-order valence-corrected chi connectivity index (χ0v) is 13.3. The molecule has 1 aliphatic carbocycles. The number of hydrogen-bond donors (Lipinski definition) is 2. The van der Waals surface area contributed by atoms with Crippen LogP contribution in [0.15, 0.2) is 23.1 Å². The van der Waals surface area contributed by atoms with Gasteiger partial charge in [0.1, 0.15) is 0 Å². The van der Waals surface area contributed by atoms with Crippen molar-refractivity contribution in [3.8, 4) is 0 Å². The van der Waals surface area contributed by atoms with Crippen LogP contribution in [0, 0.1) is 11.8 Å². The third-order valence-corrected chi connectivity index (χ3v) is 4.89. The highest BCUT2D eigenvalue weighted by atomic mass is 32.2. The first-order chi connectivity index (χ1) is 10.2. The van der Waals surface area contributed by atoms with Crippen molar-refractivity contribution >= 4 is 27.4 Å². The van der Waals surface area contributed by atoms with Crippen LogP contribution in [-0.2, 0) is 14.6 Å². The van der Waals surface area contributed by atoms with E-state index >= 15 is 0 Å². The summed E-state index contributed by atoms with van der Waals surface area (Å²) in [6, 6.07) is 3.62. The van der Waals surface area contributed by atoms with Gasteiger partial charge in [0.25, 0.3) is 0 Å². The average molecular weight is 325 g/mol. The van der Waals surface area contributed by atoms with Crippen LogP contribution in [0.4, 0.5) is 5.69 Å². The molecule has 0 bridgehead atoms. The van der Waals surface area contributed by atoms with Crippen LogP contribution in [-0.4, -0.2) is 31.7 Å². The summed E-state index contributed by atoms with van der Waals surface area (Å²) < 4.78 is 23.2. The van der Waals surface area contributed by atoms with Crippen molar-refractivity contribution in [3.05, 3.63) is 23.8 Å². The first-order valence-corrected chi connectivity index (χ1v) is 8.94. The van der Waals surface area contributed by atoms with E-state index in [0.29, 0.717) is 12.3 Å². The Morgan fingerprint density at radius 1 is 1.32 bits per heavy atom. The molecule has 1 aromatic carbocycles. The number of carboxylic acids is 1. The van der Waals surface area contributed by atoms with Crippen molar-refractivity contribution in [2.75, 3.05) is 11.6 Å². The summed E-state index contributed by atoms with van der Waals surface area (Å²) in [5.74, 6) is -0.617. The maximum Gasteiger partial charge on any atom is 0.335 e. The van der Waals surface area contributed by atoms with Crippen LogP contribution in [0.5, 0.6) is 0 Å². The van der Waals surface area contributed by atoms with Crippen molar-refractivity contribution in [3.63, 3.8) is 0 Å². The molecular formula is C15H19NO5S. The Kier molecular flexibility index (Phi) is 4.55. The Morgan fingerprint density at radius 2 is 1.95 bits per heavy atom. The topological polar surface area (TPSA) is 101 Å². The number of carbonyl (C=O) groups is 2. The number of carbonyl (C=O) groups excluding carboxylic acids is 1. The van der Waals surface area contributed by atoms with E-state index in [1.54, 1.807) is 0 Å². The Hall–Kier alpha value is -1.89. The molecule has 1 aliphatic rings. The molecule has 0 aromatic heterocycles. The molecule has 0 heterocycles. The van der Waals surface area contributed by atoms with Crippen LogP contribution < -0.4 is 5.32 Å². The molecule has 0 spiro atoms. The summed E-state index contributed by atoms with van der Waals surface area (Å²) in [7, 11) is -3.56. The van der Waals surface area contributed by atoms with E-state index in [2.05, 4.69) is 5.32 Å². The van der Waals surface area contributed by atoms with Gasteiger partial charge in [-0.25, -0.2) is 13.2 Å². The second-order valence-corrected chi connectivity index (χ2v) is 7.91. The maximum atomic E-state index is 12.0. The van der Waals surface area contributed by atoms with Crippen molar-refractivity contribution < 1.29 is 23.1 Å². The number of aromatic carboxylic acids is 1. The van der Waals surface area contributed by atoms with E-state index in [1.807, 2.05) is 6.92 Å². The van der Waals surface area contributed by atoms with Crippen LogP contribution in [0.2, 0.25) is 0 Å². The summed E-state index contributed by atoms with van der Waals surface area (Å²) in [6.45, 7) is 2.01. The highest BCUT2D eigenvalue weighted by Gasteiger charge is 2.29. The number of nitrogens with one attached hydrogen (secondary N) is 1.